The van der Waals surface area contributed by atoms with Crippen LogP contribution in [0.1, 0.15) is 27.6 Å². The molecular formula is C20H16N2O2S. The highest BCUT2D eigenvalue weighted by molar-refractivity contribution is 7.18. The molecule has 2 aromatic carbocycles. The predicted octanol–water partition coefficient (Wildman–Crippen LogP) is 4.28. The first-order valence-electron chi connectivity index (χ1n) is 8.25. The first-order chi connectivity index (χ1) is 12.1. The van der Waals surface area contributed by atoms with E-state index in [1.807, 2.05) is 6.92 Å². The molecule has 0 fully saturated rings. The maximum absolute atomic E-state index is 12.5. The number of ether oxygens (including phenoxy) is 1. The molecule has 0 saturated heterocycles. The van der Waals surface area contributed by atoms with Crippen LogP contribution < -0.4 is 5.32 Å². The van der Waals surface area contributed by atoms with Gasteiger partial charge in [-0.2, -0.15) is 0 Å². The molecule has 1 N–H and O–H groups in total. The summed E-state index contributed by atoms with van der Waals surface area (Å²) in [5.74, 6) is -0.380. The van der Waals surface area contributed by atoms with E-state index in [9.17, 15) is 4.79 Å². The van der Waals surface area contributed by atoms with Crippen LogP contribution in [0.2, 0.25) is 0 Å². The number of thiazole rings is 1. The molecule has 0 spiro atoms. The van der Waals surface area contributed by atoms with E-state index in [0.717, 1.165) is 43.3 Å². The van der Waals surface area contributed by atoms with Gasteiger partial charge in [0, 0.05) is 17.2 Å². The zero-order valence-corrected chi connectivity index (χ0v) is 14.7. The van der Waals surface area contributed by atoms with E-state index in [1.54, 1.807) is 11.3 Å². The molecule has 2 aliphatic rings. The Bertz CT molecular complexity index is 1060. The van der Waals surface area contributed by atoms with Gasteiger partial charge in [0.1, 0.15) is 6.61 Å². The van der Waals surface area contributed by atoms with E-state index >= 15 is 0 Å². The van der Waals surface area contributed by atoms with E-state index in [0.29, 0.717) is 6.61 Å². The Balaban J connectivity index is 1.83. The Morgan fingerprint density at radius 1 is 1.16 bits per heavy atom. The summed E-state index contributed by atoms with van der Waals surface area (Å²) < 4.78 is 6.47. The van der Waals surface area contributed by atoms with Crippen molar-refractivity contribution in [1.29, 1.82) is 0 Å². The minimum atomic E-state index is -0.234. The maximum atomic E-state index is 12.5. The fourth-order valence-electron chi connectivity index (χ4n) is 3.74. The molecule has 1 atom stereocenters. The Morgan fingerprint density at radius 3 is 2.76 bits per heavy atom. The van der Waals surface area contributed by atoms with Crippen molar-refractivity contribution in [3.8, 4) is 0 Å². The molecule has 124 valence electrons. The van der Waals surface area contributed by atoms with Crippen molar-refractivity contribution in [3.05, 3.63) is 69.4 Å². The first kappa shape index (κ1) is 14.7. The number of aryl methyl sites for hydroxylation is 2. The van der Waals surface area contributed by atoms with Gasteiger partial charge in [-0.15, -0.1) is 11.3 Å². The number of aromatic nitrogens is 1. The number of anilines is 1. The molecular weight excluding hydrogens is 332 g/mol. The van der Waals surface area contributed by atoms with E-state index in [1.165, 1.54) is 5.56 Å². The van der Waals surface area contributed by atoms with Gasteiger partial charge in [0.05, 0.1) is 26.5 Å². The minimum absolute atomic E-state index is 0.146. The van der Waals surface area contributed by atoms with E-state index in [2.05, 4.69) is 48.6 Å². The van der Waals surface area contributed by atoms with Gasteiger partial charge in [-0.05, 0) is 31.5 Å². The second-order valence-corrected chi connectivity index (χ2v) is 7.78. The van der Waals surface area contributed by atoms with Gasteiger partial charge in [-0.1, -0.05) is 29.8 Å². The van der Waals surface area contributed by atoms with E-state index in [4.69, 9.17) is 9.72 Å². The summed E-state index contributed by atoms with van der Waals surface area (Å²) in [6.07, 6.45) is 0. The van der Waals surface area contributed by atoms with E-state index in [-0.39, 0.29) is 11.9 Å². The number of nitrogens with zero attached hydrogens (tertiary/aromatic N) is 1. The van der Waals surface area contributed by atoms with Crippen LogP contribution in [-0.4, -0.2) is 17.6 Å². The lowest BCUT2D eigenvalue weighted by molar-refractivity contribution is -0.136. The van der Waals surface area contributed by atoms with Crippen LogP contribution in [0.25, 0.3) is 10.2 Å². The minimum Gasteiger partial charge on any atom is -0.456 e. The molecule has 0 amide bonds. The molecule has 0 aliphatic carbocycles. The number of hydrogen-bond acceptors (Lipinski definition) is 5. The number of carbonyl (C=O) groups is 1. The van der Waals surface area contributed by atoms with Crippen molar-refractivity contribution in [3.63, 3.8) is 0 Å². The predicted molar refractivity (Wildman–Crippen MR) is 99.0 cm³/mol. The highest BCUT2D eigenvalue weighted by Gasteiger charge is 2.39. The zero-order valence-electron chi connectivity index (χ0n) is 13.9. The largest absolute Gasteiger partial charge is 0.456 e. The Hall–Kier alpha value is -2.66. The summed E-state index contributed by atoms with van der Waals surface area (Å²) in [6, 6.07) is 12.6. The van der Waals surface area contributed by atoms with Gasteiger partial charge < -0.3 is 10.1 Å². The molecule has 3 heterocycles. The van der Waals surface area contributed by atoms with Gasteiger partial charge in [-0.25, -0.2) is 9.78 Å². The third kappa shape index (κ3) is 2.12. The topological polar surface area (TPSA) is 51.2 Å². The van der Waals surface area contributed by atoms with Crippen molar-refractivity contribution < 1.29 is 9.53 Å². The van der Waals surface area contributed by atoms with Crippen molar-refractivity contribution in [2.75, 3.05) is 11.9 Å². The van der Waals surface area contributed by atoms with Crippen molar-refractivity contribution in [2.24, 2.45) is 0 Å². The second-order valence-electron chi connectivity index (χ2n) is 6.54. The van der Waals surface area contributed by atoms with Crippen molar-refractivity contribution >= 4 is 33.2 Å². The van der Waals surface area contributed by atoms with Crippen LogP contribution in [-0.2, 0) is 9.53 Å². The molecule has 5 rings (SSSR count). The summed E-state index contributed by atoms with van der Waals surface area (Å²) in [6.45, 7) is 4.39. The number of cyclic esters (lactones) is 1. The molecule has 1 unspecified atom stereocenters. The number of nitrogens with one attached hydrogen (secondary N) is 1. The molecule has 4 nitrogen and oxygen atoms in total. The average Bonchev–Trinajstić information content (AvgIpc) is 3.16. The zero-order chi connectivity index (χ0) is 17.1. The average molecular weight is 348 g/mol. The summed E-state index contributed by atoms with van der Waals surface area (Å²) >= 11 is 1.68. The fourth-order valence-corrected chi connectivity index (χ4v) is 4.58. The molecule has 25 heavy (non-hydrogen) atoms. The summed E-state index contributed by atoms with van der Waals surface area (Å²) in [5.41, 5.74) is 6.94. The number of hydrogen-bond donors (Lipinski definition) is 1. The quantitative estimate of drug-likeness (QED) is 0.667. The van der Waals surface area contributed by atoms with Crippen LogP contribution in [0, 0.1) is 13.8 Å². The van der Waals surface area contributed by atoms with Gasteiger partial charge in [0.25, 0.3) is 0 Å². The van der Waals surface area contributed by atoms with Crippen molar-refractivity contribution in [2.45, 2.75) is 19.8 Å². The van der Waals surface area contributed by atoms with Crippen LogP contribution in [0.5, 0.6) is 0 Å². The van der Waals surface area contributed by atoms with Crippen LogP contribution in [0.3, 0.4) is 0 Å². The van der Waals surface area contributed by atoms with Crippen LogP contribution in [0.4, 0.5) is 5.69 Å². The van der Waals surface area contributed by atoms with Gasteiger partial charge in [0.15, 0.2) is 0 Å². The lowest BCUT2D eigenvalue weighted by atomic mass is 9.80. The lowest BCUT2D eigenvalue weighted by Gasteiger charge is -2.27. The highest BCUT2D eigenvalue weighted by atomic mass is 32.1. The second kappa shape index (κ2) is 5.17. The molecule has 0 bridgehead atoms. The number of benzene rings is 2. The van der Waals surface area contributed by atoms with Crippen molar-refractivity contribution in [1.82, 2.24) is 4.98 Å². The Morgan fingerprint density at radius 2 is 1.96 bits per heavy atom. The third-order valence-corrected chi connectivity index (χ3v) is 5.81. The SMILES string of the molecule is Cc1ccc(C2C3=C(COC3=O)Nc3ccc4sc(C)nc4c32)cc1. The standard InChI is InChI=1S/C20H16N2O2S/c1-10-3-5-12(6-4-10)16-17-13(22-14-9-24-20(23)18(14)16)7-8-15-19(17)21-11(2)25-15/h3-8,16,22H,9H2,1-2H3. The highest BCUT2D eigenvalue weighted by Crippen LogP contribution is 2.47. The van der Waals surface area contributed by atoms with Gasteiger partial charge in [0.2, 0.25) is 0 Å². The van der Waals surface area contributed by atoms with E-state index < -0.39 is 0 Å². The van der Waals surface area contributed by atoms with Gasteiger partial charge >= 0.3 is 5.97 Å². The normalized spacial score (nSPS) is 18.8. The molecule has 0 saturated carbocycles. The fraction of sp³-hybridized carbons (Fsp3) is 0.200. The number of carbonyl (C=O) groups excluding carboxylic acids is 1. The van der Waals surface area contributed by atoms with Crippen LogP contribution in [0.15, 0.2) is 47.7 Å². The smallest absolute Gasteiger partial charge is 0.337 e. The summed E-state index contributed by atoms with van der Waals surface area (Å²) in [4.78, 5) is 17.2. The number of esters is 1. The molecule has 2 aliphatic heterocycles. The summed E-state index contributed by atoms with van der Waals surface area (Å²) in [5, 5.41) is 4.43. The third-order valence-electron chi connectivity index (χ3n) is 4.87. The molecule has 3 aromatic rings. The Labute approximate surface area is 149 Å². The molecule has 1 aromatic heterocycles. The Kier molecular flexibility index (Phi) is 3.03. The monoisotopic (exact) mass is 348 g/mol. The number of rotatable bonds is 1. The first-order valence-corrected chi connectivity index (χ1v) is 9.07. The number of fused-ring (bicyclic) bond motifs is 3. The summed E-state index contributed by atoms with van der Waals surface area (Å²) in [7, 11) is 0. The molecule has 0 radical (unpaired) electrons. The van der Waals surface area contributed by atoms with Crippen LogP contribution >= 0.6 is 11.3 Å². The lowest BCUT2D eigenvalue weighted by Crippen LogP contribution is -2.20. The maximum Gasteiger partial charge on any atom is 0.337 e. The molecule has 5 heteroatoms. The van der Waals surface area contributed by atoms with Gasteiger partial charge in [-0.3, -0.25) is 0 Å².